The van der Waals surface area contributed by atoms with Crippen molar-refractivity contribution in [2.75, 3.05) is 7.11 Å². The lowest BCUT2D eigenvalue weighted by atomic mass is 9.81. The Labute approximate surface area is 160 Å². The molecule has 27 heavy (non-hydrogen) atoms. The second kappa shape index (κ2) is 9.10. The van der Waals surface area contributed by atoms with Crippen LogP contribution in [0.3, 0.4) is 0 Å². The van der Waals surface area contributed by atoms with Crippen molar-refractivity contribution in [3.05, 3.63) is 46.8 Å². The third-order valence-electron chi connectivity index (χ3n) is 4.65. The van der Waals surface area contributed by atoms with Crippen LogP contribution < -0.4 is 0 Å². The minimum Gasteiger partial charge on any atom is -0.469 e. The average Bonchev–Trinajstić information content (AvgIpc) is 3.09. The molecule has 0 fully saturated rings. The normalized spacial score (nSPS) is 12.8. The molecule has 1 aromatic heterocycles. The van der Waals surface area contributed by atoms with Gasteiger partial charge in [-0.05, 0) is 43.9 Å². The fourth-order valence-corrected chi connectivity index (χ4v) is 3.03. The number of nitrogens with zero attached hydrogens (tertiary/aromatic N) is 3. The first-order chi connectivity index (χ1) is 12.8. The highest BCUT2D eigenvalue weighted by molar-refractivity contribution is 5.77. The number of carbonyl (C=O) groups excluding carboxylic acids is 1. The van der Waals surface area contributed by atoms with E-state index in [4.69, 9.17) is 9.47 Å². The molecule has 0 saturated heterocycles. The lowest BCUT2D eigenvalue weighted by molar-refractivity contribution is -0.162. The van der Waals surface area contributed by atoms with Crippen molar-refractivity contribution in [2.45, 2.75) is 60.0 Å². The van der Waals surface area contributed by atoms with Gasteiger partial charge in [-0.3, -0.25) is 9.48 Å². The molecule has 2 rings (SSSR count). The van der Waals surface area contributed by atoms with Crippen LogP contribution in [0, 0.1) is 12.3 Å². The van der Waals surface area contributed by atoms with Gasteiger partial charge in [-0.2, -0.15) is 0 Å². The lowest BCUT2D eigenvalue weighted by Gasteiger charge is -2.32. The summed E-state index contributed by atoms with van der Waals surface area (Å²) in [6, 6.07) is 5.71. The molecule has 1 aromatic carbocycles. The van der Waals surface area contributed by atoms with Crippen molar-refractivity contribution in [3.8, 4) is 0 Å². The van der Waals surface area contributed by atoms with Gasteiger partial charge >= 0.3 is 5.97 Å². The lowest BCUT2D eigenvalue weighted by Crippen LogP contribution is -2.34. The van der Waals surface area contributed by atoms with Gasteiger partial charge in [0.25, 0.3) is 0 Å². The molecular formula is C20H29N3O4. The number of esters is 1. The Balaban J connectivity index is 2.30. The predicted molar refractivity (Wildman–Crippen MR) is 101 cm³/mol. The summed E-state index contributed by atoms with van der Waals surface area (Å²) >= 11 is 0. The van der Waals surface area contributed by atoms with Crippen LogP contribution in [0.2, 0.25) is 0 Å². The molecule has 7 nitrogen and oxygen atoms in total. The topological polar surface area (TPSA) is 86.5 Å². The van der Waals surface area contributed by atoms with Crippen molar-refractivity contribution in [2.24, 2.45) is 5.41 Å². The Morgan fingerprint density at radius 2 is 2.11 bits per heavy atom. The highest BCUT2D eigenvalue weighted by Gasteiger charge is 2.40. The van der Waals surface area contributed by atoms with Gasteiger partial charge in [0.2, 0.25) is 0 Å². The SMILES string of the molecule is CCCn1cc(COC(c2ccc(C)c(CO)c2)C(C)(C)C(=O)OC)nn1. The Kier molecular flexibility index (Phi) is 7.10. The summed E-state index contributed by atoms with van der Waals surface area (Å²) in [4.78, 5) is 12.4. The average molecular weight is 375 g/mol. The van der Waals surface area contributed by atoms with Crippen LogP contribution in [0.25, 0.3) is 0 Å². The summed E-state index contributed by atoms with van der Waals surface area (Å²) in [5, 5.41) is 17.8. The Morgan fingerprint density at radius 3 is 2.74 bits per heavy atom. The number of aryl methyl sites for hydroxylation is 2. The summed E-state index contributed by atoms with van der Waals surface area (Å²) in [7, 11) is 1.37. The van der Waals surface area contributed by atoms with Crippen LogP contribution in [0.5, 0.6) is 0 Å². The van der Waals surface area contributed by atoms with Crippen LogP contribution in [0.15, 0.2) is 24.4 Å². The Hall–Kier alpha value is -2.25. The molecule has 1 atom stereocenters. The quantitative estimate of drug-likeness (QED) is 0.678. The van der Waals surface area contributed by atoms with Gasteiger partial charge < -0.3 is 14.6 Å². The minimum absolute atomic E-state index is 0.0730. The predicted octanol–water partition coefficient (Wildman–Crippen LogP) is 2.95. The van der Waals surface area contributed by atoms with Crippen molar-refractivity contribution < 1.29 is 19.4 Å². The second-order valence-electron chi connectivity index (χ2n) is 7.22. The third-order valence-corrected chi connectivity index (χ3v) is 4.65. The number of ether oxygens (including phenoxy) is 2. The number of rotatable bonds is 9. The molecule has 1 unspecified atom stereocenters. The summed E-state index contributed by atoms with van der Waals surface area (Å²) in [5.41, 5.74) is 2.37. The number of methoxy groups -OCH3 is 1. The fourth-order valence-electron chi connectivity index (χ4n) is 3.03. The van der Waals surface area contributed by atoms with Gasteiger partial charge in [0.1, 0.15) is 5.69 Å². The Bertz CT molecular complexity index is 770. The van der Waals surface area contributed by atoms with Crippen LogP contribution in [-0.2, 0) is 34.0 Å². The molecule has 0 aliphatic rings. The number of hydrogen-bond donors (Lipinski definition) is 1. The van der Waals surface area contributed by atoms with E-state index < -0.39 is 11.5 Å². The number of aromatic nitrogens is 3. The molecule has 148 valence electrons. The number of aliphatic hydroxyl groups is 1. The van der Waals surface area contributed by atoms with E-state index in [9.17, 15) is 9.90 Å². The largest absolute Gasteiger partial charge is 0.469 e. The summed E-state index contributed by atoms with van der Waals surface area (Å²) < 4.78 is 12.9. The van der Waals surface area contributed by atoms with Crippen LogP contribution >= 0.6 is 0 Å². The molecule has 7 heteroatoms. The molecule has 0 saturated carbocycles. The first-order valence-corrected chi connectivity index (χ1v) is 9.12. The maximum absolute atomic E-state index is 12.4. The molecule has 0 radical (unpaired) electrons. The number of carbonyl (C=O) groups is 1. The molecule has 0 bridgehead atoms. The number of aliphatic hydroxyl groups excluding tert-OH is 1. The first kappa shape index (κ1) is 21.1. The minimum atomic E-state index is -0.920. The van der Waals surface area contributed by atoms with E-state index in [1.165, 1.54) is 7.11 Å². The van der Waals surface area contributed by atoms with E-state index in [1.807, 2.05) is 31.3 Å². The van der Waals surface area contributed by atoms with Crippen molar-refractivity contribution in [1.82, 2.24) is 15.0 Å². The molecule has 0 amide bonds. The molecular weight excluding hydrogens is 346 g/mol. The van der Waals surface area contributed by atoms with E-state index in [2.05, 4.69) is 17.2 Å². The number of benzene rings is 1. The monoisotopic (exact) mass is 375 g/mol. The Morgan fingerprint density at radius 1 is 1.37 bits per heavy atom. The maximum Gasteiger partial charge on any atom is 0.314 e. The van der Waals surface area contributed by atoms with Gasteiger partial charge in [-0.25, -0.2) is 0 Å². The molecule has 0 spiro atoms. The van der Waals surface area contributed by atoms with Crippen molar-refractivity contribution >= 4 is 5.97 Å². The van der Waals surface area contributed by atoms with Gasteiger partial charge in [0.05, 0.1) is 38.0 Å². The highest BCUT2D eigenvalue weighted by atomic mass is 16.5. The van der Waals surface area contributed by atoms with Gasteiger partial charge in [-0.1, -0.05) is 30.3 Å². The summed E-state index contributed by atoms with van der Waals surface area (Å²) in [6.07, 6.45) is 2.25. The van der Waals surface area contributed by atoms with Gasteiger partial charge in [0, 0.05) is 6.54 Å². The zero-order valence-corrected chi connectivity index (χ0v) is 16.7. The molecule has 2 aromatic rings. The van der Waals surface area contributed by atoms with Crippen molar-refractivity contribution in [3.63, 3.8) is 0 Å². The zero-order valence-electron chi connectivity index (χ0n) is 16.7. The summed E-state index contributed by atoms with van der Waals surface area (Å²) in [6.45, 7) is 8.52. The van der Waals surface area contributed by atoms with Crippen LogP contribution in [0.1, 0.15) is 55.7 Å². The highest BCUT2D eigenvalue weighted by Crippen LogP contribution is 2.39. The van der Waals surface area contributed by atoms with E-state index >= 15 is 0 Å². The van der Waals surface area contributed by atoms with E-state index in [0.717, 1.165) is 29.7 Å². The van der Waals surface area contributed by atoms with Gasteiger partial charge in [0.15, 0.2) is 0 Å². The molecule has 0 aliphatic heterocycles. The van der Waals surface area contributed by atoms with Gasteiger partial charge in [-0.15, -0.1) is 5.10 Å². The molecule has 1 heterocycles. The fraction of sp³-hybridized carbons (Fsp3) is 0.550. The first-order valence-electron chi connectivity index (χ1n) is 9.12. The molecule has 1 N–H and O–H groups in total. The zero-order chi connectivity index (χ0) is 20.0. The maximum atomic E-state index is 12.4. The summed E-state index contributed by atoms with van der Waals surface area (Å²) in [5.74, 6) is -0.367. The second-order valence-corrected chi connectivity index (χ2v) is 7.22. The standard InChI is InChI=1S/C20H29N3O4/c1-6-9-23-11-17(21-22-23)13-27-18(20(3,4)19(25)26-5)15-8-7-14(2)16(10-15)12-24/h7-8,10-11,18,24H,6,9,12-13H2,1-5H3. The number of hydrogen-bond acceptors (Lipinski definition) is 6. The van der Waals surface area contributed by atoms with E-state index in [1.54, 1.807) is 18.5 Å². The van der Waals surface area contributed by atoms with Crippen molar-refractivity contribution in [1.29, 1.82) is 0 Å². The van der Waals surface area contributed by atoms with Crippen LogP contribution in [0.4, 0.5) is 0 Å². The smallest absolute Gasteiger partial charge is 0.314 e. The third kappa shape index (κ3) is 4.93. The van der Waals surface area contributed by atoms with E-state index in [-0.39, 0.29) is 19.2 Å². The van der Waals surface area contributed by atoms with Crippen LogP contribution in [-0.4, -0.2) is 33.2 Å². The molecule has 0 aliphatic carbocycles. The van der Waals surface area contributed by atoms with E-state index in [0.29, 0.717) is 5.69 Å².